The molecule has 0 spiro atoms. The smallest absolute Gasteiger partial charge is 0.328 e. The van der Waals surface area contributed by atoms with Gasteiger partial charge in [0.15, 0.2) is 0 Å². The third-order valence-corrected chi connectivity index (χ3v) is 8.01. The molecule has 2 saturated heterocycles. The number of β-lactam (4-membered cyclic amide) rings is 1. The van der Waals surface area contributed by atoms with Crippen LogP contribution >= 0.6 is 0 Å². The van der Waals surface area contributed by atoms with Crippen LogP contribution in [-0.2, 0) is 25.2 Å². The second-order valence-corrected chi connectivity index (χ2v) is 10.1. The van der Waals surface area contributed by atoms with E-state index in [0.717, 1.165) is 16.0 Å². The highest BCUT2D eigenvalue weighted by atomic mass is 32.2. The van der Waals surface area contributed by atoms with E-state index < -0.39 is 50.8 Å². The minimum absolute atomic E-state index is 0.390. The first-order valence-corrected chi connectivity index (χ1v) is 10.8. The number of benzene rings is 2. The number of aliphatic carboxylic acids is 1. The normalized spacial score (nSPS) is 26.8. The zero-order valence-electron chi connectivity index (χ0n) is 16.5. The van der Waals surface area contributed by atoms with Crippen molar-refractivity contribution in [3.05, 3.63) is 71.8 Å². The Morgan fingerprint density at radius 1 is 1.03 bits per heavy atom. The maximum absolute atomic E-state index is 13.3. The molecule has 0 bridgehead atoms. The Morgan fingerprint density at radius 3 is 2.00 bits per heavy atom. The second kappa shape index (κ2) is 7.36. The molecule has 4 rings (SSSR count). The number of carboxylic acids is 1. The van der Waals surface area contributed by atoms with Crippen molar-refractivity contribution >= 4 is 28.6 Å². The van der Waals surface area contributed by atoms with Crippen molar-refractivity contribution in [2.45, 2.75) is 42.0 Å². The fourth-order valence-corrected chi connectivity index (χ4v) is 6.24. The minimum Gasteiger partial charge on any atom is -0.480 e. The molecule has 2 aromatic carbocycles. The van der Waals surface area contributed by atoms with Crippen molar-refractivity contribution in [1.82, 2.24) is 10.2 Å². The summed E-state index contributed by atoms with van der Waals surface area (Å²) >= 11 is 0. The molecule has 2 N–H and O–H groups in total. The van der Waals surface area contributed by atoms with Crippen LogP contribution in [0.4, 0.5) is 0 Å². The fraction of sp³-hybridized carbons (Fsp3) is 0.318. The van der Waals surface area contributed by atoms with Crippen LogP contribution in [0.2, 0.25) is 0 Å². The molecule has 0 saturated carbocycles. The van der Waals surface area contributed by atoms with E-state index in [2.05, 4.69) is 5.32 Å². The highest BCUT2D eigenvalue weighted by molar-refractivity contribution is 7.87. The van der Waals surface area contributed by atoms with Crippen LogP contribution in [0.3, 0.4) is 0 Å². The summed E-state index contributed by atoms with van der Waals surface area (Å²) in [5, 5.41) is 11.4. The van der Waals surface area contributed by atoms with Crippen LogP contribution in [0.1, 0.15) is 30.9 Å². The third-order valence-electron chi connectivity index (χ3n) is 5.81. The van der Waals surface area contributed by atoms with E-state index in [1.54, 1.807) is 13.8 Å². The number of rotatable bonds is 5. The molecule has 0 aromatic heterocycles. The summed E-state index contributed by atoms with van der Waals surface area (Å²) in [5.74, 6) is -2.74. The van der Waals surface area contributed by atoms with Gasteiger partial charge in [-0.3, -0.25) is 13.8 Å². The summed E-state index contributed by atoms with van der Waals surface area (Å²) in [7, 11) is -1.63. The average Bonchev–Trinajstić information content (AvgIpc) is 2.92. The molecular formula is C22H22N2O5S. The van der Waals surface area contributed by atoms with E-state index >= 15 is 0 Å². The quantitative estimate of drug-likeness (QED) is 0.705. The minimum atomic E-state index is -1.63. The highest BCUT2D eigenvalue weighted by Gasteiger charge is 2.68. The monoisotopic (exact) mass is 426 g/mol. The van der Waals surface area contributed by atoms with E-state index in [0.29, 0.717) is 0 Å². The number of carboxylic acid groups (broad SMARTS) is 1. The van der Waals surface area contributed by atoms with Crippen molar-refractivity contribution in [1.29, 1.82) is 0 Å². The number of nitrogens with one attached hydrogen (secondary N) is 1. The summed E-state index contributed by atoms with van der Waals surface area (Å²) < 4.78 is 11.8. The lowest BCUT2D eigenvalue weighted by Gasteiger charge is -2.43. The number of carbonyl (C=O) groups excluding carboxylic acids is 2. The standard InChI is InChI=1S/C22H22N2O5S/c1-22(2)17(21(27)28)24-19(26)16(20(24)30(22)29)23-18(25)15(13-9-5-3-6-10-13)14-11-7-4-8-12-14/h3-12,15-17,20H,1-2H3,(H,23,25)(H,27,28)/t16-,17+,20-,30?/m1/s1. The Hall–Kier alpha value is -3.00. The van der Waals surface area contributed by atoms with Crippen molar-refractivity contribution < 1.29 is 23.7 Å². The zero-order chi connectivity index (χ0) is 21.6. The molecule has 0 radical (unpaired) electrons. The Balaban J connectivity index is 1.62. The van der Waals surface area contributed by atoms with Gasteiger partial charge in [-0.1, -0.05) is 60.7 Å². The van der Waals surface area contributed by atoms with Gasteiger partial charge in [0, 0.05) is 0 Å². The Kier molecular flexibility index (Phi) is 4.97. The number of fused-ring (bicyclic) bond motifs is 1. The van der Waals surface area contributed by atoms with Crippen LogP contribution in [0.5, 0.6) is 0 Å². The number of carbonyl (C=O) groups is 3. The molecule has 156 valence electrons. The number of hydrogen-bond donors (Lipinski definition) is 2. The van der Waals surface area contributed by atoms with Crippen molar-refractivity contribution in [2.75, 3.05) is 0 Å². The van der Waals surface area contributed by atoms with Crippen LogP contribution in [0.25, 0.3) is 0 Å². The summed E-state index contributed by atoms with van der Waals surface area (Å²) in [6.45, 7) is 3.15. The molecule has 2 aliphatic rings. The van der Waals surface area contributed by atoms with E-state index in [9.17, 15) is 23.7 Å². The van der Waals surface area contributed by atoms with E-state index in [1.165, 1.54) is 0 Å². The highest BCUT2D eigenvalue weighted by Crippen LogP contribution is 2.43. The maximum Gasteiger partial charge on any atom is 0.328 e. The molecule has 4 atom stereocenters. The molecule has 2 amide bonds. The Morgan fingerprint density at radius 2 is 1.53 bits per heavy atom. The lowest BCUT2D eigenvalue weighted by atomic mass is 9.89. The number of nitrogens with zero attached hydrogens (tertiary/aromatic N) is 1. The van der Waals surface area contributed by atoms with Crippen LogP contribution in [-0.4, -0.2) is 54.2 Å². The van der Waals surface area contributed by atoms with Gasteiger partial charge in [-0.15, -0.1) is 0 Å². The lowest BCUT2D eigenvalue weighted by molar-refractivity contribution is -0.161. The van der Waals surface area contributed by atoms with Gasteiger partial charge in [-0.2, -0.15) is 0 Å². The Bertz CT molecular complexity index is 985. The van der Waals surface area contributed by atoms with Gasteiger partial charge < -0.3 is 15.3 Å². The first kappa shape index (κ1) is 20.3. The predicted molar refractivity (Wildman–Crippen MR) is 111 cm³/mol. The molecule has 30 heavy (non-hydrogen) atoms. The molecule has 1 unspecified atom stereocenters. The molecule has 8 heteroatoms. The molecule has 2 heterocycles. The van der Waals surface area contributed by atoms with Crippen LogP contribution in [0.15, 0.2) is 60.7 Å². The molecule has 2 fully saturated rings. The number of amides is 2. The molecule has 2 aliphatic heterocycles. The summed E-state index contributed by atoms with van der Waals surface area (Å²) in [6.07, 6.45) is 0. The summed E-state index contributed by atoms with van der Waals surface area (Å²) in [4.78, 5) is 38.8. The SMILES string of the molecule is CC1(C)[C@H](C(=O)O)N2C(=O)[C@@H](NC(=O)C(c3ccccc3)c3ccccc3)[C@H]2S1=O. The zero-order valence-corrected chi connectivity index (χ0v) is 17.3. The summed E-state index contributed by atoms with van der Waals surface area (Å²) in [5.41, 5.74) is 1.53. The maximum atomic E-state index is 13.3. The van der Waals surface area contributed by atoms with Crippen LogP contribution in [0, 0.1) is 0 Å². The lowest BCUT2D eigenvalue weighted by Crippen LogP contribution is -2.71. The van der Waals surface area contributed by atoms with Gasteiger partial charge in [0.2, 0.25) is 11.8 Å². The topological polar surface area (TPSA) is 104 Å². The van der Waals surface area contributed by atoms with E-state index in [4.69, 9.17) is 0 Å². The van der Waals surface area contributed by atoms with Gasteiger partial charge in [0.25, 0.3) is 0 Å². The molecule has 2 aromatic rings. The second-order valence-electron chi connectivity index (χ2n) is 8.02. The van der Waals surface area contributed by atoms with Crippen molar-refractivity contribution in [3.63, 3.8) is 0 Å². The predicted octanol–water partition coefficient (Wildman–Crippen LogP) is 1.47. The van der Waals surface area contributed by atoms with Crippen molar-refractivity contribution in [2.24, 2.45) is 0 Å². The third kappa shape index (κ3) is 3.02. The Labute approximate surface area is 176 Å². The molecular weight excluding hydrogens is 404 g/mol. The van der Waals surface area contributed by atoms with Gasteiger partial charge in [0.1, 0.15) is 17.5 Å². The molecule has 7 nitrogen and oxygen atoms in total. The van der Waals surface area contributed by atoms with Crippen molar-refractivity contribution in [3.8, 4) is 0 Å². The van der Waals surface area contributed by atoms with Gasteiger partial charge in [0.05, 0.1) is 21.5 Å². The van der Waals surface area contributed by atoms with Crippen LogP contribution < -0.4 is 5.32 Å². The average molecular weight is 426 g/mol. The first-order valence-electron chi connectivity index (χ1n) is 9.61. The fourth-order valence-electron chi connectivity index (χ4n) is 4.32. The van der Waals surface area contributed by atoms with E-state index in [-0.39, 0.29) is 5.91 Å². The molecule has 0 aliphatic carbocycles. The summed E-state index contributed by atoms with van der Waals surface area (Å²) in [6, 6.07) is 16.2. The largest absolute Gasteiger partial charge is 0.480 e. The van der Waals surface area contributed by atoms with E-state index in [1.807, 2.05) is 60.7 Å². The first-order chi connectivity index (χ1) is 14.2. The van der Waals surface area contributed by atoms with Gasteiger partial charge in [-0.05, 0) is 25.0 Å². The number of hydrogen-bond acceptors (Lipinski definition) is 4. The van der Waals surface area contributed by atoms with Gasteiger partial charge in [-0.25, -0.2) is 4.79 Å². The van der Waals surface area contributed by atoms with Gasteiger partial charge >= 0.3 is 5.97 Å².